The summed E-state index contributed by atoms with van der Waals surface area (Å²) in [6, 6.07) is 20.8. The summed E-state index contributed by atoms with van der Waals surface area (Å²) in [5.41, 5.74) is 3.66. The van der Waals surface area contributed by atoms with E-state index < -0.39 is 6.10 Å². The third-order valence-electron chi connectivity index (χ3n) is 4.82. The molecule has 0 aliphatic carbocycles. The van der Waals surface area contributed by atoms with Crippen molar-refractivity contribution >= 4 is 27.5 Å². The van der Waals surface area contributed by atoms with Gasteiger partial charge in [-0.25, -0.2) is 0 Å². The highest BCUT2D eigenvalue weighted by atomic mass is 79.9. The van der Waals surface area contributed by atoms with E-state index in [4.69, 9.17) is 9.47 Å². The molecular weight excluding hydrogens is 472 g/mol. The van der Waals surface area contributed by atoms with Crippen LogP contribution in [-0.4, -0.2) is 31.3 Å². The van der Waals surface area contributed by atoms with Crippen molar-refractivity contribution < 1.29 is 19.4 Å². The smallest absolute Gasteiger partial charge is 0.262 e. The Morgan fingerprint density at radius 1 is 1.09 bits per heavy atom. The molecule has 3 aromatic rings. The second-order valence-electron chi connectivity index (χ2n) is 7.37. The van der Waals surface area contributed by atoms with Gasteiger partial charge in [0.25, 0.3) is 5.91 Å². The van der Waals surface area contributed by atoms with Gasteiger partial charge < -0.3 is 25.2 Å². The zero-order valence-corrected chi connectivity index (χ0v) is 19.7. The lowest BCUT2D eigenvalue weighted by Gasteiger charge is -2.16. The summed E-state index contributed by atoms with van der Waals surface area (Å²) < 4.78 is 11.9. The highest BCUT2D eigenvalue weighted by Gasteiger charge is 2.14. The molecule has 32 heavy (non-hydrogen) atoms. The zero-order valence-electron chi connectivity index (χ0n) is 18.1. The number of amides is 1. The summed E-state index contributed by atoms with van der Waals surface area (Å²) in [6.45, 7) is 2.79. The van der Waals surface area contributed by atoms with Gasteiger partial charge in [0.15, 0.2) is 18.1 Å². The number of carbonyl (C=O) groups is 1. The van der Waals surface area contributed by atoms with Crippen LogP contribution in [0.5, 0.6) is 11.5 Å². The van der Waals surface area contributed by atoms with E-state index in [1.165, 1.54) is 0 Å². The van der Waals surface area contributed by atoms with Crippen LogP contribution in [0.4, 0.5) is 5.69 Å². The molecule has 0 unspecified atom stereocenters. The molecule has 0 saturated carbocycles. The molecule has 0 radical (unpaired) electrons. The Kier molecular flexibility index (Phi) is 8.67. The van der Waals surface area contributed by atoms with Crippen molar-refractivity contribution in [3.05, 3.63) is 87.9 Å². The number of methoxy groups -OCH3 is 1. The van der Waals surface area contributed by atoms with E-state index in [0.29, 0.717) is 34.7 Å². The molecule has 3 N–H and O–H groups in total. The number of carbonyl (C=O) groups excluding carboxylic acids is 1. The number of aliphatic hydroxyl groups is 1. The van der Waals surface area contributed by atoms with Crippen LogP contribution >= 0.6 is 15.9 Å². The third-order valence-corrected chi connectivity index (χ3v) is 5.41. The van der Waals surface area contributed by atoms with E-state index in [1.54, 1.807) is 7.11 Å². The number of anilines is 1. The monoisotopic (exact) mass is 498 g/mol. The minimum Gasteiger partial charge on any atom is -0.493 e. The maximum atomic E-state index is 12.2. The van der Waals surface area contributed by atoms with Gasteiger partial charge in [-0.1, -0.05) is 48.0 Å². The summed E-state index contributed by atoms with van der Waals surface area (Å²) >= 11 is 3.51. The van der Waals surface area contributed by atoms with Crippen LogP contribution in [0.3, 0.4) is 0 Å². The van der Waals surface area contributed by atoms with E-state index in [2.05, 4.69) is 26.6 Å². The predicted molar refractivity (Wildman–Crippen MR) is 129 cm³/mol. The van der Waals surface area contributed by atoms with Gasteiger partial charge in [0, 0.05) is 18.8 Å². The Hall–Kier alpha value is -2.87. The number of halogens is 1. The average molecular weight is 499 g/mol. The van der Waals surface area contributed by atoms with Gasteiger partial charge in [0.2, 0.25) is 0 Å². The molecule has 168 valence electrons. The Bertz CT molecular complexity index is 1030. The van der Waals surface area contributed by atoms with Gasteiger partial charge >= 0.3 is 0 Å². The second-order valence-corrected chi connectivity index (χ2v) is 8.22. The molecule has 0 spiro atoms. The van der Waals surface area contributed by atoms with Crippen molar-refractivity contribution in [1.29, 1.82) is 0 Å². The van der Waals surface area contributed by atoms with Crippen molar-refractivity contribution in [1.82, 2.24) is 5.32 Å². The van der Waals surface area contributed by atoms with Crippen molar-refractivity contribution in [3.63, 3.8) is 0 Å². The highest BCUT2D eigenvalue weighted by molar-refractivity contribution is 9.10. The van der Waals surface area contributed by atoms with Gasteiger partial charge in [-0.05, 0) is 58.2 Å². The summed E-state index contributed by atoms with van der Waals surface area (Å²) in [7, 11) is 1.55. The minimum atomic E-state index is -0.587. The number of aryl methyl sites for hydroxylation is 1. The first-order valence-corrected chi connectivity index (χ1v) is 11.0. The molecule has 1 amide bonds. The number of ether oxygens (including phenoxy) is 2. The first-order valence-electron chi connectivity index (χ1n) is 10.3. The van der Waals surface area contributed by atoms with E-state index in [1.807, 2.05) is 73.7 Å². The first-order chi connectivity index (χ1) is 15.5. The molecule has 3 aromatic carbocycles. The highest BCUT2D eigenvalue weighted by Crippen LogP contribution is 2.36. The quantitative estimate of drug-likeness (QED) is 0.380. The SMILES string of the molecule is COc1cc(CNC[C@@H](O)c2ccccc2)cc(Br)c1OCC(=O)Nc1ccc(C)cc1. The summed E-state index contributed by atoms with van der Waals surface area (Å²) in [5, 5.41) is 16.3. The van der Waals surface area contributed by atoms with E-state index >= 15 is 0 Å². The Morgan fingerprint density at radius 2 is 1.81 bits per heavy atom. The molecule has 0 bridgehead atoms. The zero-order chi connectivity index (χ0) is 22.9. The van der Waals surface area contributed by atoms with Gasteiger partial charge in [-0.3, -0.25) is 4.79 Å². The number of aliphatic hydroxyl groups excluding tert-OH is 1. The molecular formula is C25H27BrN2O4. The standard InChI is InChI=1S/C25H27BrN2O4/c1-17-8-10-20(11-9-17)28-24(30)16-32-25-21(26)12-18(13-23(25)31-2)14-27-15-22(29)19-6-4-3-5-7-19/h3-13,22,27,29H,14-16H2,1-2H3,(H,28,30)/t22-/m1/s1. The topological polar surface area (TPSA) is 79.8 Å². The maximum Gasteiger partial charge on any atom is 0.262 e. The van der Waals surface area contributed by atoms with Crippen LogP contribution in [0, 0.1) is 6.92 Å². The van der Waals surface area contributed by atoms with Crippen molar-refractivity contribution in [3.8, 4) is 11.5 Å². The van der Waals surface area contributed by atoms with Gasteiger partial charge in [0.05, 0.1) is 17.7 Å². The minimum absolute atomic E-state index is 0.149. The third kappa shape index (κ3) is 6.82. The number of rotatable bonds is 10. The first kappa shape index (κ1) is 23.8. The fourth-order valence-electron chi connectivity index (χ4n) is 3.13. The average Bonchev–Trinajstić information content (AvgIpc) is 2.80. The van der Waals surface area contributed by atoms with Crippen LogP contribution in [0.25, 0.3) is 0 Å². The van der Waals surface area contributed by atoms with Crippen LogP contribution < -0.4 is 20.1 Å². The van der Waals surface area contributed by atoms with E-state index in [9.17, 15) is 9.90 Å². The Balaban J connectivity index is 1.55. The van der Waals surface area contributed by atoms with Crippen LogP contribution in [0.2, 0.25) is 0 Å². The molecule has 0 heterocycles. The fraction of sp³-hybridized carbons (Fsp3) is 0.240. The fourth-order valence-corrected chi connectivity index (χ4v) is 3.74. The maximum absolute atomic E-state index is 12.2. The van der Waals surface area contributed by atoms with Crippen LogP contribution in [0.1, 0.15) is 22.8 Å². The Morgan fingerprint density at radius 3 is 2.50 bits per heavy atom. The largest absolute Gasteiger partial charge is 0.493 e. The molecule has 3 rings (SSSR count). The van der Waals surface area contributed by atoms with Crippen LogP contribution in [-0.2, 0) is 11.3 Å². The van der Waals surface area contributed by atoms with Crippen molar-refractivity contribution in [2.45, 2.75) is 19.6 Å². The lowest BCUT2D eigenvalue weighted by molar-refractivity contribution is -0.118. The molecule has 1 atom stereocenters. The van der Waals surface area contributed by atoms with Crippen LogP contribution in [0.15, 0.2) is 71.2 Å². The molecule has 0 aliphatic rings. The Labute approximate surface area is 196 Å². The molecule has 7 heteroatoms. The summed E-state index contributed by atoms with van der Waals surface area (Å²) in [5.74, 6) is 0.714. The lowest BCUT2D eigenvalue weighted by atomic mass is 10.1. The van der Waals surface area contributed by atoms with Crippen molar-refractivity contribution in [2.75, 3.05) is 25.6 Å². The van der Waals surface area contributed by atoms with Gasteiger partial charge in [-0.15, -0.1) is 0 Å². The predicted octanol–water partition coefficient (Wildman–Crippen LogP) is 4.61. The van der Waals surface area contributed by atoms with Gasteiger partial charge in [-0.2, -0.15) is 0 Å². The molecule has 0 aliphatic heterocycles. The number of hydrogen-bond acceptors (Lipinski definition) is 5. The summed E-state index contributed by atoms with van der Waals surface area (Å²) in [4.78, 5) is 12.2. The molecule has 0 aromatic heterocycles. The molecule has 6 nitrogen and oxygen atoms in total. The molecule has 0 saturated heterocycles. The van der Waals surface area contributed by atoms with Gasteiger partial charge in [0.1, 0.15) is 0 Å². The molecule has 0 fully saturated rings. The summed E-state index contributed by atoms with van der Waals surface area (Å²) in [6.07, 6.45) is -0.587. The number of nitrogens with one attached hydrogen (secondary N) is 2. The van der Waals surface area contributed by atoms with Crippen molar-refractivity contribution in [2.24, 2.45) is 0 Å². The number of hydrogen-bond donors (Lipinski definition) is 3. The normalized spacial score (nSPS) is 11.6. The van der Waals surface area contributed by atoms with E-state index in [-0.39, 0.29) is 12.5 Å². The second kappa shape index (κ2) is 11.7. The lowest BCUT2D eigenvalue weighted by Crippen LogP contribution is -2.21. The van der Waals surface area contributed by atoms with E-state index in [0.717, 1.165) is 16.7 Å². The number of benzene rings is 3.